The molecule has 3 nitrogen and oxygen atoms in total. The van der Waals surface area contributed by atoms with Crippen molar-refractivity contribution >= 4 is 22.3 Å². The predicted octanol–water partition coefficient (Wildman–Crippen LogP) is 6.57. The first-order chi connectivity index (χ1) is 15.0. The summed E-state index contributed by atoms with van der Waals surface area (Å²) in [7, 11) is 4.17. The minimum atomic E-state index is 0.179. The largest absolute Gasteiger partial charge is 0.378 e. The van der Waals surface area contributed by atoms with Gasteiger partial charge in [-0.15, -0.1) is 0 Å². The fourth-order valence-electron chi connectivity index (χ4n) is 4.59. The molecule has 4 aromatic rings. The van der Waals surface area contributed by atoms with Crippen LogP contribution in [-0.2, 0) is 0 Å². The van der Waals surface area contributed by atoms with Gasteiger partial charge in [0.05, 0.1) is 0 Å². The van der Waals surface area contributed by atoms with Gasteiger partial charge < -0.3 is 14.8 Å². The molecule has 0 aliphatic heterocycles. The van der Waals surface area contributed by atoms with E-state index in [1.807, 2.05) is 0 Å². The number of nitrogens with zero attached hydrogens (tertiary/aromatic N) is 2. The first kappa shape index (κ1) is 21.0. The van der Waals surface area contributed by atoms with Gasteiger partial charge in [-0.25, -0.2) is 0 Å². The summed E-state index contributed by atoms with van der Waals surface area (Å²) in [5.74, 6) is 0.179. The molecule has 3 heteroatoms. The average Bonchev–Trinajstić information content (AvgIpc) is 3.20. The van der Waals surface area contributed by atoms with Crippen molar-refractivity contribution in [1.82, 2.24) is 4.98 Å². The Kier molecular flexibility index (Phi) is 6.03. The van der Waals surface area contributed by atoms with Crippen LogP contribution < -0.4 is 9.80 Å². The van der Waals surface area contributed by atoms with Crippen LogP contribution in [0.15, 0.2) is 72.9 Å². The summed E-state index contributed by atoms with van der Waals surface area (Å²) in [6.45, 7) is 8.72. The van der Waals surface area contributed by atoms with E-state index in [0.29, 0.717) is 0 Å². The summed E-state index contributed by atoms with van der Waals surface area (Å²) < 4.78 is 0. The molecule has 0 aliphatic carbocycles. The Morgan fingerprint density at radius 3 is 2.13 bits per heavy atom. The van der Waals surface area contributed by atoms with E-state index in [4.69, 9.17) is 0 Å². The van der Waals surface area contributed by atoms with Crippen LogP contribution in [-0.4, -0.2) is 32.2 Å². The van der Waals surface area contributed by atoms with Gasteiger partial charge in [0, 0.05) is 61.6 Å². The molecule has 1 N–H and O–H groups in total. The summed E-state index contributed by atoms with van der Waals surface area (Å²) in [4.78, 5) is 8.04. The molecular formula is C28H33N3. The summed E-state index contributed by atoms with van der Waals surface area (Å²) >= 11 is 0. The monoisotopic (exact) mass is 411 g/mol. The molecule has 0 saturated heterocycles. The number of aromatic nitrogens is 1. The van der Waals surface area contributed by atoms with Crippen molar-refractivity contribution in [2.75, 3.05) is 37.0 Å². The summed E-state index contributed by atoms with van der Waals surface area (Å²) in [6, 6.07) is 24.5. The molecular weight excluding hydrogens is 378 g/mol. The Morgan fingerprint density at radius 1 is 0.806 bits per heavy atom. The molecule has 3 aromatic carbocycles. The van der Waals surface area contributed by atoms with Gasteiger partial charge in [-0.2, -0.15) is 0 Å². The van der Waals surface area contributed by atoms with Crippen LogP contribution in [0.2, 0.25) is 0 Å². The maximum atomic E-state index is 3.49. The minimum absolute atomic E-state index is 0.179. The SMILES string of the molecule is CCN(CC)c1ccc(C(c2ccc(N(C)C)cc2)c2c[nH]c3ccccc23)c(C)c1. The Labute approximate surface area is 186 Å². The van der Waals surface area contributed by atoms with Gasteiger partial charge in [0.2, 0.25) is 0 Å². The van der Waals surface area contributed by atoms with Gasteiger partial charge in [-0.3, -0.25) is 0 Å². The first-order valence-corrected chi connectivity index (χ1v) is 11.2. The molecule has 31 heavy (non-hydrogen) atoms. The second kappa shape index (κ2) is 8.89. The highest BCUT2D eigenvalue weighted by Crippen LogP contribution is 2.39. The van der Waals surface area contributed by atoms with Crippen molar-refractivity contribution in [2.45, 2.75) is 26.7 Å². The lowest BCUT2D eigenvalue weighted by molar-refractivity contribution is 0.863. The molecule has 0 spiro atoms. The molecule has 0 bridgehead atoms. The van der Waals surface area contributed by atoms with Crippen LogP contribution >= 0.6 is 0 Å². The van der Waals surface area contributed by atoms with Gasteiger partial charge in [-0.05, 0) is 73.4 Å². The number of rotatable bonds is 7. The Hall–Kier alpha value is -3.20. The fraction of sp³-hybridized carbons (Fsp3) is 0.286. The number of aryl methyl sites for hydroxylation is 1. The zero-order valence-electron chi connectivity index (χ0n) is 19.3. The van der Waals surface area contributed by atoms with Gasteiger partial charge >= 0.3 is 0 Å². The number of anilines is 2. The van der Waals surface area contributed by atoms with E-state index in [2.05, 4.69) is 123 Å². The number of benzene rings is 3. The molecule has 0 saturated carbocycles. The van der Waals surface area contributed by atoms with E-state index in [1.165, 1.54) is 44.5 Å². The number of nitrogens with one attached hydrogen (secondary N) is 1. The van der Waals surface area contributed by atoms with Gasteiger partial charge in [0.15, 0.2) is 0 Å². The van der Waals surface area contributed by atoms with E-state index in [0.717, 1.165) is 13.1 Å². The van der Waals surface area contributed by atoms with Gasteiger partial charge in [0.25, 0.3) is 0 Å². The second-order valence-electron chi connectivity index (χ2n) is 8.42. The molecule has 0 aliphatic rings. The van der Waals surface area contributed by atoms with E-state index in [-0.39, 0.29) is 5.92 Å². The third kappa shape index (κ3) is 4.05. The third-order valence-electron chi connectivity index (χ3n) is 6.37. The Bertz CT molecular complexity index is 1150. The Balaban J connectivity index is 1.87. The van der Waals surface area contributed by atoms with Crippen molar-refractivity contribution in [3.8, 4) is 0 Å². The summed E-state index contributed by atoms with van der Waals surface area (Å²) in [5.41, 5.74) is 9.03. The van der Waals surface area contributed by atoms with E-state index in [1.54, 1.807) is 0 Å². The molecule has 1 unspecified atom stereocenters. The van der Waals surface area contributed by atoms with Crippen molar-refractivity contribution in [3.05, 3.63) is 95.2 Å². The third-order valence-corrected chi connectivity index (χ3v) is 6.37. The second-order valence-corrected chi connectivity index (χ2v) is 8.42. The highest BCUT2D eigenvalue weighted by Gasteiger charge is 2.22. The number of fused-ring (bicyclic) bond motifs is 1. The first-order valence-electron chi connectivity index (χ1n) is 11.2. The quantitative estimate of drug-likeness (QED) is 0.372. The fourth-order valence-corrected chi connectivity index (χ4v) is 4.59. The van der Waals surface area contributed by atoms with Crippen LogP contribution in [0.5, 0.6) is 0 Å². The maximum Gasteiger partial charge on any atom is 0.0457 e. The van der Waals surface area contributed by atoms with Crippen molar-refractivity contribution < 1.29 is 0 Å². The zero-order valence-corrected chi connectivity index (χ0v) is 19.3. The van der Waals surface area contributed by atoms with Gasteiger partial charge in [-0.1, -0.05) is 36.4 Å². The molecule has 0 amide bonds. The molecule has 0 fully saturated rings. The molecule has 4 rings (SSSR count). The highest BCUT2D eigenvalue weighted by molar-refractivity contribution is 5.85. The standard InChI is InChI=1S/C28H33N3/c1-6-31(7-2)23-16-17-24(20(3)18-23)28(21-12-14-22(15-13-21)30(4)5)26-19-29-27-11-9-8-10-25(26)27/h8-19,28-29H,6-7H2,1-5H3. The molecule has 0 radical (unpaired) electrons. The lowest BCUT2D eigenvalue weighted by atomic mass is 9.82. The smallest absolute Gasteiger partial charge is 0.0457 e. The van der Waals surface area contributed by atoms with Crippen LogP contribution in [0.1, 0.15) is 42.0 Å². The number of aromatic amines is 1. The molecule has 160 valence electrons. The van der Waals surface area contributed by atoms with Gasteiger partial charge in [0.1, 0.15) is 0 Å². The van der Waals surface area contributed by atoms with Crippen LogP contribution in [0.4, 0.5) is 11.4 Å². The van der Waals surface area contributed by atoms with Crippen LogP contribution in [0, 0.1) is 6.92 Å². The number of hydrogen-bond donors (Lipinski definition) is 1. The Morgan fingerprint density at radius 2 is 1.48 bits per heavy atom. The van der Waals surface area contributed by atoms with E-state index in [9.17, 15) is 0 Å². The van der Waals surface area contributed by atoms with Crippen molar-refractivity contribution in [3.63, 3.8) is 0 Å². The summed E-state index contributed by atoms with van der Waals surface area (Å²) in [5, 5.41) is 1.29. The van der Waals surface area contributed by atoms with Crippen molar-refractivity contribution in [1.29, 1.82) is 0 Å². The van der Waals surface area contributed by atoms with Crippen LogP contribution in [0.25, 0.3) is 10.9 Å². The average molecular weight is 412 g/mol. The molecule has 1 aromatic heterocycles. The minimum Gasteiger partial charge on any atom is -0.378 e. The van der Waals surface area contributed by atoms with Crippen molar-refractivity contribution in [2.24, 2.45) is 0 Å². The van der Waals surface area contributed by atoms with E-state index < -0.39 is 0 Å². The lowest BCUT2D eigenvalue weighted by Crippen LogP contribution is -2.22. The highest BCUT2D eigenvalue weighted by atomic mass is 15.1. The lowest BCUT2D eigenvalue weighted by Gasteiger charge is -2.25. The topological polar surface area (TPSA) is 22.3 Å². The number of para-hydroxylation sites is 1. The normalized spacial score (nSPS) is 12.2. The maximum absolute atomic E-state index is 3.49. The van der Waals surface area contributed by atoms with Crippen LogP contribution in [0.3, 0.4) is 0 Å². The zero-order chi connectivity index (χ0) is 22.0. The molecule has 1 heterocycles. The number of H-pyrrole nitrogens is 1. The summed E-state index contributed by atoms with van der Waals surface area (Å²) in [6.07, 6.45) is 2.19. The van der Waals surface area contributed by atoms with E-state index >= 15 is 0 Å². The predicted molar refractivity (Wildman–Crippen MR) is 135 cm³/mol. The number of hydrogen-bond acceptors (Lipinski definition) is 2. The molecule has 1 atom stereocenters.